The molecule has 2 heterocycles. The maximum atomic E-state index is 6.08. The fraction of sp³-hybridized carbons (Fsp3) is 0.435. The Hall–Kier alpha value is -2.53. The first-order valence-corrected chi connectivity index (χ1v) is 10.2. The Kier molecular flexibility index (Phi) is 5.81. The lowest BCUT2D eigenvalue weighted by Crippen LogP contribution is -2.21. The number of fused-ring (bicyclic) bond motifs is 1. The Morgan fingerprint density at radius 3 is 2.61 bits per heavy atom. The monoisotopic (exact) mass is 379 g/mol. The van der Waals surface area contributed by atoms with Crippen LogP contribution in [0.15, 0.2) is 42.6 Å². The molecule has 0 amide bonds. The molecule has 0 unspecified atom stereocenters. The van der Waals surface area contributed by atoms with Crippen LogP contribution in [0.2, 0.25) is 0 Å². The Morgan fingerprint density at radius 2 is 1.79 bits per heavy atom. The van der Waals surface area contributed by atoms with Crippen molar-refractivity contribution in [3.63, 3.8) is 0 Å². The summed E-state index contributed by atoms with van der Waals surface area (Å²) in [5.74, 6) is 1.63. The first-order chi connectivity index (χ1) is 13.7. The van der Waals surface area contributed by atoms with E-state index in [1.54, 1.807) is 7.11 Å². The van der Waals surface area contributed by atoms with Gasteiger partial charge >= 0.3 is 0 Å². The zero-order valence-corrected chi connectivity index (χ0v) is 16.9. The molecule has 0 spiro atoms. The minimum absolute atomic E-state index is 0.720. The molecule has 0 saturated carbocycles. The lowest BCUT2D eigenvalue weighted by molar-refractivity contribution is 0.254. The summed E-state index contributed by atoms with van der Waals surface area (Å²) in [4.78, 5) is 2.52. The third kappa shape index (κ3) is 4.30. The van der Waals surface area contributed by atoms with Crippen LogP contribution in [-0.2, 0) is 13.5 Å². The molecule has 148 valence electrons. The van der Waals surface area contributed by atoms with Crippen molar-refractivity contribution in [2.75, 3.05) is 33.4 Å². The van der Waals surface area contributed by atoms with Crippen molar-refractivity contribution in [3.8, 4) is 11.5 Å². The van der Waals surface area contributed by atoms with E-state index in [1.165, 1.54) is 42.4 Å². The van der Waals surface area contributed by atoms with Crippen LogP contribution >= 0.6 is 0 Å². The predicted octanol–water partition coefficient (Wildman–Crippen LogP) is 4.04. The average molecular weight is 380 g/mol. The molecule has 3 aromatic rings. The molecule has 2 aromatic carbocycles. The molecule has 1 fully saturated rings. The third-order valence-electron chi connectivity index (χ3n) is 5.52. The first kappa shape index (κ1) is 18.8. The van der Waals surface area contributed by atoms with Crippen molar-refractivity contribution in [1.29, 1.82) is 0 Å². The summed E-state index contributed by atoms with van der Waals surface area (Å²) >= 11 is 0. The minimum atomic E-state index is 0.720. The number of hydrogen-bond donors (Lipinski definition) is 0. The predicted molar refractivity (Wildman–Crippen MR) is 112 cm³/mol. The van der Waals surface area contributed by atoms with Gasteiger partial charge in [0.2, 0.25) is 0 Å². The first-order valence-electron chi connectivity index (χ1n) is 10.2. The van der Waals surface area contributed by atoms with Crippen LogP contribution in [0.25, 0.3) is 10.9 Å². The van der Waals surface area contributed by atoms with Gasteiger partial charge in [-0.1, -0.05) is 18.2 Å². The minimum Gasteiger partial charge on any atom is -0.493 e. The number of nitrogens with zero attached hydrogens (tertiary/aromatic N) is 3. The van der Waals surface area contributed by atoms with E-state index >= 15 is 0 Å². The van der Waals surface area contributed by atoms with Gasteiger partial charge in [0.1, 0.15) is 0 Å². The van der Waals surface area contributed by atoms with Crippen LogP contribution in [0, 0.1) is 0 Å². The van der Waals surface area contributed by atoms with Crippen LogP contribution < -0.4 is 9.47 Å². The van der Waals surface area contributed by atoms with E-state index in [-0.39, 0.29) is 0 Å². The van der Waals surface area contributed by atoms with Crippen LogP contribution in [-0.4, -0.2) is 48.0 Å². The quantitative estimate of drug-likeness (QED) is 0.554. The van der Waals surface area contributed by atoms with Crippen molar-refractivity contribution >= 4 is 10.9 Å². The van der Waals surface area contributed by atoms with Gasteiger partial charge in [-0.3, -0.25) is 4.68 Å². The SMILES string of the molecule is COc1ccc(Cc2ccc3cnn(C)c3c2)cc1OCCCN1CCCC1. The van der Waals surface area contributed by atoms with Gasteiger partial charge in [-0.05, 0) is 68.1 Å². The van der Waals surface area contributed by atoms with E-state index in [2.05, 4.69) is 40.3 Å². The van der Waals surface area contributed by atoms with Crippen LogP contribution in [0.4, 0.5) is 0 Å². The van der Waals surface area contributed by atoms with E-state index in [0.29, 0.717) is 0 Å². The largest absolute Gasteiger partial charge is 0.493 e. The van der Waals surface area contributed by atoms with Crippen LogP contribution in [0.5, 0.6) is 11.5 Å². The Balaban J connectivity index is 1.42. The highest BCUT2D eigenvalue weighted by molar-refractivity contribution is 5.79. The van der Waals surface area contributed by atoms with Crippen LogP contribution in [0.1, 0.15) is 30.4 Å². The highest BCUT2D eigenvalue weighted by Crippen LogP contribution is 2.29. The maximum Gasteiger partial charge on any atom is 0.161 e. The number of likely N-dealkylation sites (tertiary alicyclic amines) is 1. The van der Waals surface area contributed by atoms with Gasteiger partial charge in [-0.2, -0.15) is 5.10 Å². The fourth-order valence-electron chi connectivity index (χ4n) is 3.96. The average Bonchev–Trinajstić information content (AvgIpc) is 3.36. The van der Waals surface area contributed by atoms with Gasteiger partial charge in [0, 0.05) is 19.0 Å². The van der Waals surface area contributed by atoms with Gasteiger partial charge in [0.15, 0.2) is 11.5 Å². The van der Waals surface area contributed by atoms with Gasteiger partial charge < -0.3 is 14.4 Å². The lowest BCUT2D eigenvalue weighted by atomic mass is 10.0. The molecular formula is C23H29N3O2. The number of aromatic nitrogens is 2. The molecule has 1 aliphatic rings. The second-order valence-electron chi connectivity index (χ2n) is 7.57. The molecule has 0 N–H and O–H groups in total. The zero-order valence-electron chi connectivity index (χ0n) is 16.9. The van der Waals surface area contributed by atoms with E-state index in [1.807, 2.05) is 24.0 Å². The maximum absolute atomic E-state index is 6.08. The summed E-state index contributed by atoms with van der Waals surface area (Å²) < 4.78 is 13.5. The number of rotatable bonds is 8. The third-order valence-corrected chi connectivity index (χ3v) is 5.52. The normalized spacial score (nSPS) is 14.6. The molecule has 5 heteroatoms. The summed E-state index contributed by atoms with van der Waals surface area (Å²) in [6.07, 6.45) is 6.48. The number of methoxy groups -OCH3 is 1. The molecule has 5 nitrogen and oxygen atoms in total. The van der Waals surface area contributed by atoms with Crippen molar-refractivity contribution in [1.82, 2.24) is 14.7 Å². The molecule has 0 aliphatic carbocycles. The van der Waals surface area contributed by atoms with Gasteiger partial charge in [0.25, 0.3) is 0 Å². The molecular weight excluding hydrogens is 350 g/mol. The molecule has 0 atom stereocenters. The Bertz CT molecular complexity index is 929. The zero-order chi connectivity index (χ0) is 19.3. The van der Waals surface area contributed by atoms with E-state index in [9.17, 15) is 0 Å². The fourth-order valence-corrected chi connectivity index (χ4v) is 3.96. The van der Waals surface area contributed by atoms with E-state index in [4.69, 9.17) is 9.47 Å². The molecule has 1 aliphatic heterocycles. The standard InChI is InChI=1S/C23H29N3O2/c1-25-21-15-18(6-8-20(21)17-24-25)14-19-7-9-22(27-2)23(16-19)28-13-5-12-26-10-3-4-11-26/h6-9,15-17H,3-5,10-14H2,1-2H3. The van der Waals surface area contributed by atoms with Crippen molar-refractivity contribution in [2.45, 2.75) is 25.7 Å². The van der Waals surface area contributed by atoms with Gasteiger partial charge in [0.05, 0.1) is 25.4 Å². The molecule has 0 bridgehead atoms. The van der Waals surface area contributed by atoms with Crippen molar-refractivity contribution in [2.24, 2.45) is 7.05 Å². The van der Waals surface area contributed by atoms with Crippen LogP contribution in [0.3, 0.4) is 0 Å². The number of hydrogen-bond acceptors (Lipinski definition) is 4. The Labute approximate surface area is 166 Å². The number of ether oxygens (including phenoxy) is 2. The summed E-state index contributed by atoms with van der Waals surface area (Å²) in [5, 5.41) is 5.50. The summed E-state index contributed by atoms with van der Waals surface area (Å²) in [7, 11) is 3.68. The van der Waals surface area contributed by atoms with E-state index < -0.39 is 0 Å². The molecule has 1 saturated heterocycles. The highest BCUT2D eigenvalue weighted by Gasteiger charge is 2.11. The topological polar surface area (TPSA) is 39.5 Å². The lowest BCUT2D eigenvalue weighted by Gasteiger charge is -2.16. The molecule has 1 aromatic heterocycles. The van der Waals surface area contributed by atoms with Gasteiger partial charge in [-0.15, -0.1) is 0 Å². The van der Waals surface area contributed by atoms with Crippen molar-refractivity contribution in [3.05, 3.63) is 53.7 Å². The number of aryl methyl sites for hydroxylation is 1. The molecule has 0 radical (unpaired) electrons. The molecule has 4 rings (SSSR count). The summed E-state index contributed by atoms with van der Waals surface area (Å²) in [5.41, 5.74) is 3.64. The smallest absolute Gasteiger partial charge is 0.161 e. The second-order valence-corrected chi connectivity index (χ2v) is 7.57. The summed E-state index contributed by atoms with van der Waals surface area (Å²) in [6, 6.07) is 12.8. The highest BCUT2D eigenvalue weighted by atomic mass is 16.5. The Morgan fingerprint density at radius 1 is 1.00 bits per heavy atom. The van der Waals surface area contributed by atoms with E-state index in [0.717, 1.165) is 43.0 Å². The second kappa shape index (κ2) is 8.65. The molecule has 28 heavy (non-hydrogen) atoms. The van der Waals surface area contributed by atoms with Gasteiger partial charge in [-0.25, -0.2) is 0 Å². The number of benzene rings is 2. The van der Waals surface area contributed by atoms with Crippen molar-refractivity contribution < 1.29 is 9.47 Å². The summed E-state index contributed by atoms with van der Waals surface area (Å²) in [6.45, 7) is 4.31.